The van der Waals surface area contributed by atoms with Crippen molar-refractivity contribution in [3.8, 4) is 0 Å². The standard InChI is InChI=1S/C15H7F4NO/c16-7-1-2-9-10(6-20-13(9)5-7)15(21)14-11(18)3-8(17)4-12(14)19/h1-6,20H. The summed E-state index contributed by atoms with van der Waals surface area (Å²) in [4.78, 5) is 14.9. The topological polar surface area (TPSA) is 32.9 Å². The number of hydrogen-bond acceptors (Lipinski definition) is 1. The van der Waals surface area contributed by atoms with Gasteiger partial charge in [0.25, 0.3) is 0 Å². The molecule has 3 aromatic rings. The van der Waals surface area contributed by atoms with E-state index in [1.807, 2.05) is 0 Å². The Balaban J connectivity index is 2.18. The fourth-order valence-corrected chi connectivity index (χ4v) is 2.18. The molecule has 0 spiro atoms. The molecule has 0 atom stereocenters. The predicted molar refractivity (Wildman–Crippen MR) is 68.0 cm³/mol. The molecule has 1 N–H and O–H groups in total. The van der Waals surface area contributed by atoms with E-state index in [2.05, 4.69) is 4.98 Å². The van der Waals surface area contributed by atoms with Crippen molar-refractivity contribution in [2.24, 2.45) is 0 Å². The van der Waals surface area contributed by atoms with Crippen LogP contribution < -0.4 is 0 Å². The summed E-state index contributed by atoms with van der Waals surface area (Å²) in [6, 6.07) is 4.48. The van der Waals surface area contributed by atoms with Gasteiger partial charge in [0.05, 0.1) is 5.56 Å². The zero-order chi connectivity index (χ0) is 15.1. The Hall–Kier alpha value is -2.63. The van der Waals surface area contributed by atoms with Crippen LogP contribution in [0.1, 0.15) is 15.9 Å². The third-order valence-electron chi connectivity index (χ3n) is 3.12. The maximum Gasteiger partial charge on any atom is 0.201 e. The molecule has 21 heavy (non-hydrogen) atoms. The third kappa shape index (κ3) is 2.18. The molecule has 0 amide bonds. The lowest BCUT2D eigenvalue weighted by atomic mass is 10.0. The van der Waals surface area contributed by atoms with E-state index >= 15 is 0 Å². The molecule has 1 heterocycles. The molecule has 2 nitrogen and oxygen atoms in total. The quantitative estimate of drug-likeness (QED) is 0.563. The molecule has 2 aromatic carbocycles. The normalized spacial score (nSPS) is 11.0. The van der Waals surface area contributed by atoms with Gasteiger partial charge in [-0.25, -0.2) is 17.6 Å². The highest BCUT2D eigenvalue weighted by Crippen LogP contribution is 2.24. The van der Waals surface area contributed by atoms with Crippen LogP contribution in [0.2, 0.25) is 0 Å². The van der Waals surface area contributed by atoms with Gasteiger partial charge in [0.2, 0.25) is 5.78 Å². The second-order valence-corrected chi connectivity index (χ2v) is 4.47. The van der Waals surface area contributed by atoms with Crippen LogP contribution in [0.5, 0.6) is 0 Å². The Labute approximate surface area is 116 Å². The lowest BCUT2D eigenvalue weighted by molar-refractivity contribution is 0.103. The SMILES string of the molecule is O=C(c1c(F)cc(F)cc1F)c1c[nH]c2cc(F)ccc12. The van der Waals surface area contributed by atoms with Crippen molar-refractivity contribution in [1.82, 2.24) is 4.98 Å². The van der Waals surface area contributed by atoms with Crippen LogP contribution >= 0.6 is 0 Å². The van der Waals surface area contributed by atoms with Gasteiger partial charge in [0.1, 0.15) is 23.3 Å². The number of aromatic nitrogens is 1. The van der Waals surface area contributed by atoms with Gasteiger partial charge >= 0.3 is 0 Å². The molecule has 106 valence electrons. The Kier molecular flexibility index (Phi) is 3.01. The Morgan fingerprint density at radius 2 is 1.57 bits per heavy atom. The molecule has 0 bridgehead atoms. The van der Waals surface area contributed by atoms with Crippen LogP contribution in [0, 0.1) is 23.3 Å². The van der Waals surface area contributed by atoms with Crippen molar-refractivity contribution in [2.45, 2.75) is 0 Å². The predicted octanol–water partition coefficient (Wildman–Crippen LogP) is 3.96. The number of halogens is 4. The van der Waals surface area contributed by atoms with Gasteiger partial charge in [-0.1, -0.05) is 0 Å². The van der Waals surface area contributed by atoms with Gasteiger partial charge in [0, 0.05) is 34.8 Å². The van der Waals surface area contributed by atoms with Gasteiger partial charge in [-0.15, -0.1) is 0 Å². The number of nitrogens with one attached hydrogen (secondary N) is 1. The highest BCUT2D eigenvalue weighted by molar-refractivity contribution is 6.16. The second-order valence-electron chi connectivity index (χ2n) is 4.47. The number of carbonyl (C=O) groups excluding carboxylic acids is 1. The number of ketones is 1. The summed E-state index contributed by atoms with van der Waals surface area (Å²) in [5.74, 6) is -5.13. The van der Waals surface area contributed by atoms with Crippen LogP contribution in [0.4, 0.5) is 17.6 Å². The maximum atomic E-state index is 13.6. The fraction of sp³-hybridized carbons (Fsp3) is 0. The van der Waals surface area contributed by atoms with Crippen molar-refractivity contribution >= 4 is 16.7 Å². The molecule has 0 fully saturated rings. The van der Waals surface area contributed by atoms with Gasteiger partial charge in [-0.3, -0.25) is 4.79 Å². The number of carbonyl (C=O) groups is 1. The van der Waals surface area contributed by atoms with Crippen LogP contribution in [0.3, 0.4) is 0 Å². The summed E-state index contributed by atoms with van der Waals surface area (Å²) in [7, 11) is 0. The van der Waals surface area contributed by atoms with E-state index in [0.29, 0.717) is 23.0 Å². The van der Waals surface area contributed by atoms with Crippen molar-refractivity contribution in [1.29, 1.82) is 0 Å². The molecule has 0 aliphatic heterocycles. The summed E-state index contributed by atoms with van der Waals surface area (Å²) >= 11 is 0. The van der Waals surface area contributed by atoms with E-state index in [-0.39, 0.29) is 5.56 Å². The molecule has 0 aliphatic carbocycles. The van der Waals surface area contributed by atoms with E-state index in [9.17, 15) is 22.4 Å². The van der Waals surface area contributed by atoms with E-state index in [4.69, 9.17) is 0 Å². The van der Waals surface area contributed by atoms with Crippen molar-refractivity contribution in [3.05, 3.63) is 70.9 Å². The molecule has 3 rings (SSSR count). The summed E-state index contributed by atoms with van der Waals surface area (Å²) in [5.41, 5.74) is -0.544. The van der Waals surface area contributed by atoms with Crippen molar-refractivity contribution in [3.63, 3.8) is 0 Å². The van der Waals surface area contributed by atoms with Crippen molar-refractivity contribution < 1.29 is 22.4 Å². The number of rotatable bonds is 2. The highest BCUT2D eigenvalue weighted by atomic mass is 19.1. The van der Waals surface area contributed by atoms with E-state index < -0.39 is 34.6 Å². The lowest BCUT2D eigenvalue weighted by Crippen LogP contribution is -2.07. The first-order valence-electron chi connectivity index (χ1n) is 5.93. The van der Waals surface area contributed by atoms with E-state index in [1.54, 1.807) is 0 Å². The minimum absolute atomic E-state index is 0.0191. The number of benzene rings is 2. The zero-order valence-corrected chi connectivity index (χ0v) is 10.4. The Bertz CT molecular complexity index is 846. The monoisotopic (exact) mass is 293 g/mol. The first-order chi connectivity index (χ1) is 9.97. The van der Waals surface area contributed by atoms with Crippen molar-refractivity contribution in [2.75, 3.05) is 0 Å². The first-order valence-corrected chi connectivity index (χ1v) is 5.93. The first kappa shape index (κ1) is 13.4. The molecule has 6 heteroatoms. The van der Waals surface area contributed by atoms with Gasteiger partial charge in [-0.05, 0) is 18.2 Å². The molecule has 0 saturated carbocycles. The Morgan fingerprint density at radius 3 is 2.24 bits per heavy atom. The molecular weight excluding hydrogens is 286 g/mol. The average molecular weight is 293 g/mol. The van der Waals surface area contributed by atoms with Gasteiger partial charge in [0.15, 0.2) is 0 Å². The molecule has 0 aliphatic rings. The fourth-order valence-electron chi connectivity index (χ4n) is 2.18. The Morgan fingerprint density at radius 1 is 0.905 bits per heavy atom. The van der Waals surface area contributed by atoms with Crippen LogP contribution in [-0.4, -0.2) is 10.8 Å². The molecule has 0 unspecified atom stereocenters. The van der Waals surface area contributed by atoms with Gasteiger partial charge in [-0.2, -0.15) is 0 Å². The van der Waals surface area contributed by atoms with Crippen LogP contribution in [0.15, 0.2) is 36.5 Å². The number of H-pyrrole nitrogens is 1. The average Bonchev–Trinajstić information content (AvgIpc) is 2.80. The summed E-state index contributed by atoms with van der Waals surface area (Å²) < 4.78 is 53.2. The molecule has 0 radical (unpaired) electrons. The lowest BCUT2D eigenvalue weighted by Gasteiger charge is -2.04. The number of hydrogen-bond donors (Lipinski definition) is 1. The zero-order valence-electron chi connectivity index (χ0n) is 10.4. The third-order valence-corrected chi connectivity index (χ3v) is 3.12. The van der Waals surface area contributed by atoms with E-state index in [0.717, 1.165) is 12.1 Å². The highest BCUT2D eigenvalue weighted by Gasteiger charge is 2.22. The second kappa shape index (κ2) is 4.73. The van der Waals surface area contributed by atoms with Crippen LogP contribution in [0.25, 0.3) is 10.9 Å². The minimum atomic E-state index is -1.28. The summed E-state index contributed by atoms with van der Waals surface area (Å²) in [5, 5.41) is 0.324. The van der Waals surface area contributed by atoms with E-state index in [1.165, 1.54) is 12.3 Å². The molecule has 0 saturated heterocycles. The van der Waals surface area contributed by atoms with Crippen LogP contribution in [-0.2, 0) is 0 Å². The maximum absolute atomic E-state index is 13.6. The summed E-state index contributed by atoms with van der Waals surface area (Å²) in [6.07, 6.45) is 1.23. The minimum Gasteiger partial charge on any atom is -0.360 e. The number of aromatic amines is 1. The number of fused-ring (bicyclic) bond motifs is 1. The summed E-state index contributed by atoms with van der Waals surface area (Å²) in [6.45, 7) is 0. The largest absolute Gasteiger partial charge is 0.360 e. The molecular formula is C15H7F4NO. The smallest absolute Gasteiger partial charge is 0.201 e. The molecule has 1 aromatic heterocycles. The van der Waals surface area contributed by atoms with Gasteiger partial charge < -0.3 is 4.98 Å².